The Labute approximate surface area is 142 Å². The molecule has 1 heterocycles. The highest BCUT2D eigenvalue weighted by Crippen LogP contribution is 2.33. The maximum atomic E-state index is 6.28. The fourth-order valence-corrected chi connectivity index (χ4v) is 4.05. The summed E-state index contributed by atoms with van der Waals surface area (Å²) in [6, 6.07) is 19.5. The molecule has 1 aliphatic carbocycles. The molecule has 3 atom stereocenters. The molecule has 1 aromatic heterocycles. The number of hydrogen-bond donors (Lipinski definition) is 1. The van der Waals surface area contributed by atoms with Gasteiger partial charge in [-0.05, 0) is 43.4 Å². The predicted molar refractivity (Wildman–Crippen MR) is 102 cm³/mol. The summed E-state index contributed by atoms with van der Waals surface area (Å²) in [5.41, 5.74) is 8.74. The van der Waals surface area contributed by atoms with Gasteiger partial charge in [-0.1, -0.05) is 55.5 Å². The van der Waals surface area contributed by atoms with Crippen molar-refractivity contribution in [3.05, 3.63) is 65.2 Å². The van der Waals surface area contributed by atoms with Crippen LogP contribution in [0.4, 0.5) is 0 Å². The summed E-state index contributed by atoms with van der Waals surface area (Å²) in [5.74, 6) is 1.11. The second-order valence-corrected chi connectivity index (χ2v) is 6.90. The van der Waals surface area contributed by atoms with Gasteiger partial charge >= 0.3 is 0 Å². The lowest BCUT2D eigenvalue weighted by Crippen LogP contribution is -2.46. The molecule has 2 aromatic carbocycles. The molecule has 1 saturated carbocycles. The van der Waals surface area contributed by atoms with Gasteiger partial charge in [-0.15, -0.1) is 0 Å². The quantitative estimate of drug-likeness (QED) is 0.773. The molecule has 24 heavy (non-hydrogen) atoms. The highest BCUT2D eigenvalue weighted by atomic mass is 15.0. The van der Waals surface area contributed by atoms with Crippen LogP contribution in [0, 0.1) is 11.8 Å². The number of hydrogen-bond acceptors (Lipinski definition) is 1. The number of nitrogens with zero attached hydrogens (tertiary/aromatic N) is 1. The number of nitrogens with two attached hydrogens (primary N) is 1. The maximum Gasteiger partial charge on any atom is 0.0540 e. The third kappa shape index (κ3) is 2.30. The number of fused-ring (bicyclic) bond motifs is 1. The predicted octanol–water partition coefficient (Wildman–Crippen LogP) is 3.19. The Bertz CT molecular complexity index is 974. The zero-order chi connectivity index (χ0) is 16.7. The van der Waals surface area contributed by atoms with Crippen LogP contribution in [0.1, 0.15) is 20.3 Å². The van der Waals surface area contributed by atoms with Gasteiger partial charge < -0.3 is 10.3 Å². The highest BCUT2D eigenvalue weighted by Gasteiger charge is 2.33. The van der Waals surface area contributed by atoms with Gasteiger partial charge in [-0.3, -0.25) is 0 Å². The van der Waals surface area contributed by atoms with Gasteiger partial charge in [0.15, 0.2) is 0 Å². The van der Waals surface area contributed by atoms with E-state index in [2.05, 4.69) is 85.2 Å². The second-order valence-electron chi connectivity index (χ2n) is 6.90. The molecule has 2 N–H and O–H groups in total. The number of para-hydroxylation sites is 2. The van der Waals surface area contributed by atoms with Crippen LogP contribution >= 0.6 is 0 Å². The average Bonchev–Trinajstić information content (AvgIpc) is 2.93. The summed E-state index contributed by atoms with van der Waals surface area (Å²) in [7, 11) is 0. The first-order chi connectivity index (χ1) is 11.7. The van der Waals surface area contributed by atoms with E-state index < -0.39 is 0 Å². The van der Waals surface area contributed by atoms with E-state index in [1.165, 1.54) is 27.2 Å². The Morgan fingerprint density at radius 1 is 1.04 bits per heavy atom. The smallest absolute Gasteiger partial charge is 0.0540 e. The van der Waals surface area contributed by atoms with Crippen molar-refractivity contribution in [3.8, 4) is 5.69 Å². The van der Waals surface area contributed by atoms with E-state index in [0.29, 0.717) is 11.8 Å². The third-order valence-electron chi connectivity index (χ3n) is 5.40. The number of aromatic nitrogens is 1. The molecule has 0 radical (unpaired) electrons. The average molecular weight is 316 g/mol. The molecule has 4 rings (SSSR count). The van der Waals surface area contributed by atoms with Crippen molar-refractivity contribution >= 4 is 23.1 Å². The molecule has 2 heteroatoms. The standard InChI is InChI=1S/C22H24N2/c1-3-17-18-11-7-8-12-21(18)24(16-9-5-4-6-10-16)22(17)14-19-15(2)13-20(19)23/h3-12,14-15,19-20H,13,23H2,1-2H3/b17-3-,22-14+/t15?,19-,20?/m0/s1. The lowest BCUT2D eigenvalue weighted by molar-refractivity contribution is 0.217. The minimum Gasteiger partial charge on any atom is -0.327 e. The summed E-state index contributed by atoms with van der Waals surface area (Å²) in [4.78, 5) is 0. The first-order valence-electron chi connectivity index (χ1n) is 8.79. The zero-order valence-electron chi connectivity index (χ0n) is 14.3. The fourth-order valence-electron chi connectivity index (χ4n) is 4.05. The second kappa shape index (κ2) is 5.95. The van der Waals surface area contributed by atoms with Gasteiger partial charge in [-0.25, -0.2) is 0 Å². The molecule has 2 unspecified atom stereocenters. The van der Waals surface area contributed by atoms with Crippen molar-refractivity contribution in [2.24, 2.45) is 17.6 Å². The van der Waals surface area contributed by atoms with Gasteiger partial charge in [0.05, 0.1) is 10.9 Å². The molecule has 0 bridgehead atoms. The Kier molecular flexibility index (Phi) is 3.78. The molecule has 0 aliphatic heterocycles. The van der Waals surface area contributed by atoms with Crippen molar-refractivity contribution in [1.29, 1.82) is 0 Å². The van der Waals surface area contributed by atoms with E-state index in [9.17, 15) is 0 Å². The van der Waals surface area contributed by atoms with Crippen LogP contribution in [0.2, 0.25) is 0 Å². The highest BCUT2D eigenvalue weighted by molar-refractivity contribution is 5.83. The third-order valence-corrected chi connectivity index (χ3v) is 5.40. The van der Waals surface area contributed by atoms with E-state index in [1.807, 2.05) is 0 Å². The topological polar surface area (TPSA) is 30.9 Å². The normalized spacial score (nSPS) is 25.2. The number of rotatable bonds is 2. The lowest BCUT2D eigenvalue weighted by Gasteiger charge is -2.38. The summed E-state index contributed by atoms with van der Waals surface area (Å²) in [6.45, 7) is 4.42. The van der Waals surface area contributed by atoms with E-state index >= 15 is 0 Å². The first-order valence-corrected chi connectivity index (χ1v) is 8.79. The Morgan fingerprint density at radius 3 is 2.42 bits per heavy atom. The van der Waals surface area contributed by atoms with Crippen molar-refractivity contribution < 1.29 is 0 Å². The van der Waals surface area contributed by atoms with E-state index in [1.54, 1.807) is 0 Å². The summed E-state index contributed by atoms with van der Waals surface area (Å²) in [6.07, 6.45) is 5.75. The van der Waals surface area contributed by atoms with Crippen LogP contribution in [-0.2, 0) is 0 Å². The molecule has 122 valence electrons. The fraction of sp³-hybridized carbons (Fsp3) is 0.273. The molecule has 1 fully saturated rings. The molecular weight excluding hydrogens is 292 g/mol. The van der Waals surface area contributed by atoms with Crippen molar-refractivity contribution in [3.63, 3.8) is 0 Å². The minimum atomic E-state index is 0.284. The van der Waals surface area contributed by atoms with Gasteiger partial charge in [0, 0.05) is 22.3 Å². The maximum absolute atomic E-state index is 6.28. The SMILES string of the molecule is C/C=c1\c(=C/[C@H]2C(C)CC2N)n(-c2ccccc2)c2ccccc12. The van der Waals surface area contributed by atoms with Crippen LogP contribution in [0.25, 0.3) is 28.7 Å². The number of benzene rings is 2. The van der Waals surface area contributed by atoms with Crippen molar-refractivity contribution in [2.75, 3.05) is 0 Å². The molecule has 2 nitrogen and oxygen atoms in total. The van der Waals surface area contributed by atoms with Crippen LogP contribution in [-0.4, -0.2) is 10.6 Å². The van der Waals surface area contributed by atoms with Crippen molar-refractivity contribution in [1.82, 2.24) is 4.57 Å². The van der Waals surface area contributed by atoms with E-state index in [-0.39, 0.29) is 6.04 Å². The molecule has 0 amide bonds. The monoisotopic (exact) mass is 316 g/mol. The summed E-state index contributed by atoms with van der Waals surface area (Å²) in [5, 5.41) is 3.88. The summed E-state index contributed by atoms with van der Waals surface area (Å²) >= 11 is 0. The van der Waals surface area contributed by atoms with Gasteiger partial charge in [0.1, 0.15) is 0 Å². The Hall–Kier alpha value is -2.32. The molecule has 3 aromatic rings. The Morgan fingerprint density at radius 2 is 1.75 bits per heavy atom. The summed E-state index contributed by atoms with van der Waals surface area (Å²) < 4.78 is 2.38. The van der Waals surface area contributed by atoms with Gasteiger partial charge in [0.25, 0.3) is 0 Å². The van der Waals surface area contributed by atoms with Crippen LogP contribution in [0.5, 0.6) is 0 Å². The largest absolute Gasteiger partial charge is 0.327 e. The van der Waals surface area contributed by atoms with E-state index in [4.69, 9.17) is 5.73 Å². The minimum absolute atomic E-state index is 0.284. The van der Waals surface area contributed by atoms with Crippen LogP contribution in [0.15, 0.2) is 54.6 Å². The molecule has 0 spiro atoms. The molecule has 0 saturated heterocycles. The van der Waals surface area contributed by atoms with E-state index in [0.717, 1.165) is 6.42 Å². The van der Waals surface area contributed by atoms with Crippen molar-refractivity contribution in [2.45, 2.75) is 26.3 Å². The molecule has 1 aliphatic rings. The molecular formula is C22H24N2. The van der Waals surface area contributed by atoms with Gasteiger partial charge in [0.2, 0.25) is 0 Å². The zero-order valence-corrected chi connectivity index (χ0v) is 14.3. The lowest BCUT2D eigenvalue weighted by atomic mass is 9.70. The van der Waals surface area contributed by atoms with Crippen LogP contribution in [0.3, 0.4) is 0 Å². The van der Waals surface area contributed by atoms with Crippen LogP contribution < -0.4 is 16.3 Å². The first kappa shape index (κ1) is 15.2. The van der Waals surface area contributed by atoms with Gasteiger partial charge in [-0.2, -0.15) is 0 Å². The Balaban J connectivity index is 2.10.